The molecule has 0 aliphatic heterocycles. The molecule has 6 heteroatoms. The molecule has 1 amide bonds. The van der Waals surface area contributed by atoms with E-state index in [1.807, 2.05) is 66.7 Å². The average molecular weight is 455 g/mol. The molecule has 28 heavy (non-hydrogen) atoms. The van der Waals surface area contributed by atoms with Crippen LogP contribution in [0.1, 0.15) is 27.0 Å². The Kier molecular flexibility index (Phi) is 6.90. The first-order chi connectivity index (χ1) is 13.5. The van der Waals surface area contributed by atoms with Gasteiger partial charge in [0.25, 0.3) is 5.91 Å². The molecule has 0 aromatic heterocycles. The quantitative estimate of drug-likeness (QED) is 0.439. The highest BCUT2D eigenvalue weighted by Crippen LogP contribution is 2.16. The molecule has 142 valence electrons. The number of nitrogens with zero attached hydrogens (tertiary/aromatic N) is 1. The highest BCUT2D eigenvalue weighted by atomic mass is 79.9. The van der Waals surface area contributed by atoms with Crippen molar-refractivity contribution in [1.29, 1.82) is 0 Å². The van der Waals surface area contributed by atoms with Gasteiger partial charge in [0.05, 0.1) is 5.71 Å². The summed E-state index contributed by atoms with van der Waals surface area (Å²) in [5.41, 5.74) is 6.58. The Balaban J connectivity index is 1.92. The predicted molar refractivity (Wildman–Crippen MR) is 118 cm³/mol. The number of carbonyl (C=O) groups excluding carboxylic acids is 1. The van der Waals surface area contributed by atoms with Crippen molar-refractivity contribution < 1.29 is 9.00 Å². The fourth-order valence-electron chi connectivity index (χ4n) is 2.66. The van der Waals surface area contributed by atoms with Crippen LogP contribution in [0, 0.1) is 0 Å². The van der Waals surface area contributed by atoms with E-state index in [0.717, 1.165) is 21.2 Å². The van der Waals surface area contributed by atoms with Gasteiger partial charge in [-0.3, -0.25) is 9.00 Å². The molecule has 0 fully saturated rings. The number of benzene rings is 3. The van der Waals surface area contributed by atoms with E-state index >= 15 is 0 Å². The second-order valence-corrected chi connectivity index (χ2v) is 8.54. The van der Waals surface area contributed by atoms with E-state index < -0.39 is 10.8 Å². The number of halogens is 1. The summed E-state index contributed by atoms with van der Waals surface area (Å²) >= 11 is 3.44. The Labute approximate surface area is 175 Å². The third kappa shape index (κ3) is 5.47. The Morgan fingerprint density at radius 2 is 1.46 bits per heavy atom. The molecule has 3 aromatic carbocycles. The van der Waals surface area contributed by atoms with Crippen LogP contribution in [0.5, 0.6) is 0 Å². The summed E-state index contributed by atoms with van der Waals surface area (Å²) < 4.78 is 12.4. The van der Waals surface area contributed by atoms with Gasteiger partial charge >= 0.3 is 0 Å². The zero-order valence-electron chi connectivity index (χ0n) is 15.3. The number of rotatable bonds is 6. The number of hydrogen-bond acceptors (Lipinski definition) is 3. The van der Waals surface area contributed by atoms with Crippen molar-refractivity contribution in [1.82, 2.24) is 5.43 Å². The molecule has 4 nitrogen and oxygen atoms in total. The normalized spacial score (nSPS) is 12.4. The van der Waals surface area contributed by atoms with Crippen molar-refractivity contribution in [3.05, 3.63) is 106 Å². The molecule has 0 heterocycles. The van der Waals surface area contributed by atoms with Crippen molar-refractivity contribution in [3.63, 3.8) is 0 Å². The molecule has 0 spiro atoms. The van der Waals surface area contributed by atoms with Gasteiger partial charge in [-0.15, -0.1) is 0 Å². The zero-order valence-corrected chi connectivity index (χ0v) is 17.7. The van der Waals surface area contributed by atoms with Gasteiger partial charge in [-0.1, -0.05) is 70.5 Å². The van der Waals surface area contributed by atoms with Crippen molar-refractivity contribution in [2.45, 2.75) is 5.75 Å². The highest BCUT2D eigenvalue weighted by molar-refractivity contribution is 9.10. The van der Waals surface area contributed by atoms with Crippen LogP contribution < -0.4 is 5.43 Å². The van der Waals surface area contributed by atoms with E-state index in [9.17, 15) is 9.00 Å². The number of hydrogen-bond donors (Lipinski definition) is 1. The highest BCUT2D eigenvalue weighted by Gasteiger charge is 2.10. The van der Waals surface area contributed by atoms with Gasteiger partial charge < -0.3 is 0 Å². The van der Waals surface area contributed by atoms with Gasteiger partial charge in [0, 0.05) is 44.0 Å². The lowest BCUT2D eigenvalue weighted by molar-refractivity contribution is 0.0955. The van der Waals surface area contributed by atoms with Crippen LogP contribution in [0.4, 0.5) is 0 Å². The van der Waals surface area contributed by atoms with Crippen molar-refractivity contribution in [3.8, 4) is 0 Å². The fourth-order valence-corrected chi connectivity index (χ4v) is 3.58. The topological polar surface area (TPSA) is 58.5 Å². The van der Waals surface area contributed by atoms with Crippen LogP contribution in [0.25, 0.3) is 0 Å². The Morgan fingerprint density at radius 1 is 0.893 bits per heavy atom. The summed E-state index contributed by atoms with van der Waals surface area (Å²) in [5.74, 6) is 0.240. The van der Waals surface area contributed by atoms with Gasteiger partial charge in [-0.05, 0) is 29.8 Å². The minimum atomic E-state index is -0.896. The lowest BCUT2D eigenvalue weighted by Crippen LogP contribution is -2.20. The van der Waals surface area contributed by atoms with Crippen LogP contribution >= 0.6 is 15.9 Å². The molecule has 0 aliphatic carbocycles. The molecule has 3 rings (SSSR count). The molecule has 0 saturated heterocycles. The van der Waals surface area contributed by atoms with Crippen LogP contribution in [-0.2, 0) is 16.6 Å². The average Bonchev–Trinajstić information content (AvgIpc) is 2.70. The van der Waals surface area contributed by atoms with Gasteiger partial charge in [0.2, 0.25) is 0 Å². The van der Waals surface area contributed by atoms with Gasteiger partial charge in [0.15, 0.2) is 0 Å². The molecule has 0 radical (unpaired) electrons. The standard InChI is InChI=1S/C22H19BrN2O2S/c1-28(27)15-16-7-9-17(10-8-16)21(18-11-13-20(23)14-12-18)24-25-22(26)19-5-3-2-4-6-19/h2-14H,15H2,1H3,(H,25,26). The SMILES string of the molecule is CS(=O)Cc1ccc(C(=NNC(=O)c2ccccc2)c2ccc(Br)cc2)cc1. The molecule has 1 N–H and O–H groups in total. The maximum Gasteiger partial charge on any atom is 0.271 e. The zero-order chi connectivity index (χ0) is 19.9. The Morgan fingerprint density at radius 3 is 2.04 bits per heavy atom. The second-order valence-electron chi connectivity index (χ2n) is 6.19. The van der Waals surface area contributed by atoms with Crippen molar-refractivity contribution in [2.75, 3.05) is 6.26 Å². The number of carbonyl (C=O) groups is 1. The lowest BCUT2D eigenvalue weighted by atomic mass is 10.0. The first-order valence-corrected chi connectivity index (χ1v) is 11.1. The third-order valence-corrected chi connectivity index (χ3v) is 5.29. The minimum absolute atomic E-state index is 0.270. The molecule has 0 aliphatic rings. The van der Waals surface area contributed by atoms with Crippen LogP contribution in [0.15, 0.2) is 88.4 Å². The van der Waals surface area contributed by atoms with E-state index in [1.165, 1.54) is 0 Å². The van der Waals surface area contributed by atoms with Crippen molar-refractivity contribution >= 4 is 38.3 Å². The van der Waals surface area contributed by atoms with Crippen molar-refractivity contribution in [2.24, 2.45) is 5.10 Å². The monoisotopic (exact) mass is 454 g/mol. The molecule has 1 atom stereocenters. The molecular formula is C22H19BrN2O2S. The maximum atomic E-state index is 12.4. The van der Waals surface area contributed by atoms with E-state index in [-0.39, 0.29) is 5.91 Å². The summed E-state index contributed by atoms with van der Waals surface area (Å²) in [6, 6.07) is 24.4. The third-order valence-electron chi connectivity index (χ3n) is 4.02. The van der Waals surface area contributed by atoms with Crippen LogP contribution in [-0.4, -0.2) is 22.1 Å². The minimum Gasteiger partial charge on any atom is -0.267 e. The lowest BCUT2D eigenvalue weighted by Gasteiger charge is -2.09. The van der Waals surface area contributed by atoms with E-state index in [1.54, 1.807) is 18.4 Å². The summed E-state index contributed by atoms with van der Waals surface area (Å²) in [6.45, 7) is 0. The first kappa shape index (κ1) is 20.2. The number of amides is 1. The summed E-state index contributed by atoms with van der Waals surface area (Å²) in [7, 11) is -0.896. The first-order valence-electron chi connectivity index (χ1n) is 8.61. The number of nitrogens with one attached hydrogen (secondary N) is 1. The molecule has 0 bridgehead atoms. The molecule has 0 saturated carbocycles. The Bertz CT molecular complexity index is 1000. The molecule has 3 aromatic rings. The fraction of sp³-hybridized carbons (Fsp3) is 0.0909. The predicted octanol–water partition coefficient (Wildman–Crippen LogP) is 4.51. The summed E-state index contributed by atoms with van der Waals surface area (Å²) in [6.07, 6.45) is 1.68. The second kappa shape index (κ2) is 9.57. The molecule has 1 unspecified atom stereocenters. The van der Waals surface area contributed by atoms with E-state index in [2.05, 4.69) is 26.5 Å². The van der Waals surface area contributed by atoms with Crippen LogP contribution in [0.3, 0.4) is 0 Å². The van der Waals surface area contributed by atoms with Gasteiger partial charge in [0.1, 0.15) is 0 Å². The largest absolute Gasteiger partial charge is 0.271 e. The Hall–Kier alpha value is -2.57. The van der Waals surface area contributed by atoms with Gasteiger partial charge in [-0.2, -0.15) is 5.10 Å². The van der Waals surface area contributed by atoms with E-state index in [0.29, 0.717) is 17.0 Å². The van der Waals surface area contributed by atoms with Gasteiger partial charge in [-0.25, -0.2) is 5.43 Å². The van der Waals surface area contributed by atoms with E-state index in [4.69, 9.17) is 0 Å². The smallest absolute Gasteiger partial charge is 0.267 e. The van der Waals surface area contributed by atoms with Crippen LogP contribution in [0.2, 0.25) is 0 Å². The molecular weight excluding hydrogens is 436 g/mol. The summed E-state index contributed by atoms with van der Waals surface area (Å²) in [5, 5.41) is 4.40. The maximum absolute atomic E-state index is 12.4. The number of hydrazone groups is 1. The summed E-state index contributed by atoms with van der Waals surface area (Å²) in [4.78, 5) is 12.4.